The first-order chi connectivity index (χ1) is 10.9. The third-order valence-electron chi connectivity index (χ3n) is 3.75. The summed E-state index contributed by atoms with van der Waals surface area (Å²) in [6.07, 6.45) is 1.40. The Balaban J connectivity index is 2.25. The highest BCUT2D eigenvalue weighted by molar-refractivity contribution is 5.92. The number of carbonyl (C=O) groups is 1. The van der Waals surface area contributed by atoms with E-state index in [1.807, 2.05) is 0 Å². The summed E-state index contributed by atoms with van der Waals surface area (Å²) >= 11 is 0. The lowest BCUT2D eigenvalue weighted by Gasteiger charge is -2.25. The van der Waals surface area contributed by atoms with Crippen LogP contribution in [0.1, 0.15) is 34.0 Å². The summed E-state index contributed by atoms with van der Waals surface area (Å²) in [7, 11) is 0. The number of carboxylic acids is 1. The van der Waals surface area contributed by atoms with Gasteiger partial charge in [-0.3, -0.25) is 0 Å². The van der Waals surface area contributed by atoms with E-state index in [-0.39, 0.29) is 17.2 Å². The van der Waals surface area contributed by atoms with Crippen molar-refractivity contribution in [2.45, 2.75) is 20.0 Å². The van der Waals surface area contributed by atoms with Gasteiger partial charge in [-0.2, -0.15) is 0 Å². The number of carboxylic acid groups (broad SMARTS) is 1. The molecule has 1 N–H and O–H groups in total. The number of ether oxygens (including phenoxy) is 1. The Labute approximate surface area is 131 Å². The Morgan fingerprint density at radius 1 is 1.22 bits per heavy atom. The highest BCUT2D eigenvalue weighted by Crippen LogP contribution is 2.39. The van der Waals surface area contributed by atoms with Crippen molar-refractivity contribution in [3.05, 3.63) is 70.3 Å². The third kappa shape index (κ3) is 2.70. The Hall–Kier alpha value is -2.69. The average molecular weight is 316 g/mol. The van der Waals surface area contributed by atoms with Crippen LogP contribution in [0.4, 0.5) is 8.78 Å². The molecular weight excluding hydrogens is 302 g/mol. The fraction of sp³-hybridized carbons (Fsp3) is 0.167. The quantitative estimate of drug-likeness (QED) is 0.904. The summed E-state index contributed by atoms with van der Waals surface area (Å²) in [4.78, 5) is 11.2. The molecule has 1 atom stereocenters. The van der Waals surface area contributed by atoms with Crippen LogP contribution in [0.15, 0.2) is 36.4 Å². The summed E-state index contributed by atoms with van der Waals surface area (Å²) in [6, 6.07) is 6.51. The zero-order chi connectivity index (χ0) is 16.7. The van der Waals surface area contributed by atoms with E-state index in [0.717, 1.165) is 6.07 Å². The number of hydrogen-bond acceptors (Lipinski definition) is 2. The van der Waals surface area contributed by atoms with E-state index in [9.17, 15) is 13.6 Å². The average Bonchev–Trinajstić information content (AvgIpc) is 2.45. The van der Waals surface area contributed by atoms with Gasteiger partial charge in [0, 0.05) is 17.2 Å². The fourth-order valence-corrected chi connectivity index (χ4v) is 2.80. The molecule has 0 fully saturated rings. The summed E-state index contributed by atoms with van der Waals surface area (Å²) in [5.74, 6) is -1.94. The van der Waals surface area contributed by atoms with Crippen molar-refractivity contribution in [2.24, 2.45) is 0 Å². The van der Waals surface area contributed by atoms with Crippen LogP contribution in [0.25, 0.3) is 5.57 Å². The topological polar surface area (TPSA) is 46.5 Å². The minimum absolute atomic E-state index is 0.0768. The van der Waals surface area contributed by atoms with Gasteiger partial charge in [-0.1, -0.05) is 0 Å². The highest BCUT2D eigenvalue weighted by Gasteiger charge is 2.24. The van der Waals surface area contributed by atoms with Gasteiger partial charge >= 0.3 is 5.97 Å². The first-order valence-corrected chi connectivity index (χ1v) is 7.09. The molecule has 2 aromatic carbocycles. The molecule has 1 heterocycles. The molecule has 0 spiro atoms. The van der Waals surface area contributed by atoms with Gasteiger partial charge in [0.05, 0.1) is 5.56 Å². The van der Waals surface area contributed by atoms with Gasteiger partial charge in [-0.25, -0.2) is 13.6 Å². The van der Waals surface area contributed by atoms with Crippen molar-refractivity contribution in [1.82, 2.24) is 0 Å². The number of benzene rings is 2. The standard InChI is InChI=1S/C18H14F2O3/c1-9-5-12(19)8-15(20)17(9)14-6-10(2)23-16-4-3-11(18(21)22)7-13(14)16/h3-8,10H,1-2H3,(H,21,22). The Kier molecular flexibility index (Phi) is 3.64. The molecule has 23 heavy (non-hydrogen) atoms. The van der Waals surface area contributed by atoms with E-state index in [2.05, 4.69) is 0 Å². The summed E-state index contributed by atoms with van der Waals surface area (Å²) < 4.78 is 33.4. The molecule has 0 aromatic heterocycles. The second kappa shape index (κ2) is 5.50. The maximum absolute atomic E-state index is 14.3. The number of rotatable bonds is 2. The van der Waals surface area contributed by atoms with E-state index in [1.54, 1.807) is 26.0 Å². The molecule has 3 nitrogen and oxygen atoms in total. The molecule has 0 bridgehead atoms. The van der Waals surface area contributed by atoms with Crippen LogP contribution < -0.4 is 4.74 Å². The van der Waals surface area contributed by atoms with E-state index in [4.69, 9.17) is 9.84 Å². The maximum Gasteiger partial charge on any atom is 0.335 e. The summed E-state index contributed by atoms with van der Waals surface area (Å²) in [5.41, 5.74) is 1.77. The second-order valence-corrected chi connectivity index (χ2v) is 5.50. The largest absolute Gasteiger partial charge is 0.486 e. The molecule has 1 aliphatic rings. The van der Waals surface area contributed by atoms with E-state index in [1.165, 1.54) is 18.2 Å². The number of aryl methyl sites for hydroxylation is 1. The lowest BCUT2D eigenvalue weighted by molar-refractivity contribution is 0.0697. The van der Waals surface area contributed by atoms with Crippen LogP contribution in [0.2, 0.25) is 0 Å². The lowest BCUT2D eigenvalue weighted by Crippen LogP contribution is -2.16. The van der Waals surface area contributed by atoms with Crippen LogP contribution in [-0.4, -0.2) is 17.2 Å². The second-order valence-electron chi connectivity index (χ2n) is 5.50. The smallest absolute Gasteiger partial charge is 0.335 e. The number of aromatic carboxylic acids is 1. The molecule has 0 saturated carbocycles. The van der Waals surface area contributed by atoms with Gasteiger partial charge in [0.25, 0.3) is 0 Å². The normalized spacial score (nSPS) is 16.3. The van der Waals surface area contributed by atoms with Gasteiger partial charge in [-0.15, -0.1) is 0 Å². The predicted octanol–water partition coefficient (Wildman–Crippen LogP) is 4.18. The summed E-state index contributed by atoms with van der Waals surface area (Å²) in [6.45, 7) is 3.41. The van der Waals surface area contributed by atoms with Gasteiger partial charge in [-0.05, 0) is 55.3 Å². The number of hydrogen-bond donors (Lipinski definition) is 1. The fourth-order valence-electron chi connectivity index (χ4n) is 2.80. The first kappa shape index (κ1) is 15.2. The van der Waals surface area contributed by atoms with Crippen LogP contribution in [-0.2, 0) is 0 Å². The Bertz CT molecular complexity index is 817. The molecule has 0 aliphatic carbocycles. The van der Waals surface area contributed by atoms with Gasteiger partial charge < -0.3 is 9.84 Å². The zero-order valence-electron chi connectivity index (χ0n) is 12.6. The zero-order valence-corrected chi connectivity index (χ0v) is 12.6. The molecule has 3 rings (SSSR count). The Morgan fingerprint density at radius 2 is 1.96 bits per heavy atom. The van der Waals surface area contributed by atoms with Gasteiger partial charge in [0.2, 0.25) is 0 Å². The molecule has 0 radical (unpaired) electrons. The molecule has 1 unspecified atom stereocenters. The number of fused-ring (bicyclic) bond motifs is 1. The molecule has 5 heteroatoms. The minimum Gasteiger partial charge on any atom is -0.486 e. The molecule has 0 saturated heterocycles. The van der Waals surface area contributed by atoms with E-state index < -0.39 is 17.6 Å². The molecule has 2 aromatic rings. The van der Waals surface area contributed by atoms with Gasteiger partial charge in [0.1, 0.15) is 23.5 Å². The monoisotopic (exact) mass is 316 g/mol. The van der Waals surface area contributed by atoms with Crippen molar-refractivity contribution in [2.75, 3.05) is 0 Å². The van der Waals surface area contributed by atoms with E-state index in [0.29, 0.717) is 22.4 Å². The maximum atomic E-state index is 14.3. The van der Waals surface area contributed by atoms with Crippen molar-refractivity contribution in [1.29, 1.82) is 0 Å². The van der Waals surface area contributed by atoms with Crippen molar-refractivity contribution in [3.63, 3.8) is 0 Å². The Morgan fingerprint density at radius 3 is 2.61 bits per heavy atom. The summed E-state index contributed by atoms with van der Waals surface area (Å²) in [5, 5.41) is 9.16. The van der Waals surface area contributed by atoms with E-state index >= 15 is 0 Å². The highest BCUT2D eigenvalue weighted by atomic mass is 19.1. The van der Waals surface area contributed by atoms with Crippen LogP contribution in [0.3, 0.4) is 0 Å². The van der Waals surface area contributed by atoms with Crippen LogP contribution >= 0.6 is 0 Å². The molecule has 1 aliphatic heterocycles. The SMILES string of the molecule is Cc1cc(F)cc(F)c1C1=CC(C)Oc2ccc(C(=O)O)cc21. The predicted molar refractivity (Wildman–Crippen MR) is 81.7 cm³/mol. The van der Waals surface area contributed by atoms with Crippen LogP contribution in [0, 0.1) is 18.6 Å². The number of halogens is 2. The van der Waals surface area contributed by atoms with Crippen molar-refractivity contribution >= 4 is 11.5 Å². The lowest BCUT2D eigenvalue weighted by atomic mass is 9.89. The van der Waals surface area contributed by atoms with Crippen molar-refractivity contribution in [3.8, 4) is 5.75 Å². The first-order valence-electron chi connectivity index (χ1n) is 7.09. The van der Waals surface area contributed by atoms with Gasteiger partial charge in [0.15, 0.2) is 0 Å². The van der Waals surface area contributed by atoms with Crippen LogP contribution in [0.5, 0.6) is 5.75 Å². The molecule has 118 valence electrons. The third-order valence-corrected chi connectivity index (χ3v) is 3.75. The molecule has 0 amide bonds. The minimum atomic E-state index is -1.08. The molecular formula is C18H14F2O3. The van der Waals surface area contributed by atoms with Crippen molar-refractivity contribution < 1.29 is 23.4 Å².